The maximum atomic E-state index is 10.9. The zero-order valence-electron chi connectivity index (χ0n) is 13.0. The van der Waals surface area contributed by atoms with Crippen LogP contribution >= 0.6 is 0 Å². The second kappa shape index (κ2) is 7.27. The SMILES string of the molecule is CCCC(N)=O.Nc1cc(C(=O)O)cc2nc(-c3ccco3)nn12. The molecule has 0 unspecified atom stereocenters. The van der Waals surface area contributed by atoms with Crippen LogP contribution in [-0.4, -0.2) is 31.6 Å². The Morgan fingerprint density at radius 1 is 1.38 bits per heavy atom. The fraction of sp³-hybridized carbons (Fsp3) is 0.200. The monoisotopic (exact) mass is 331 g/mol. The van der Waals surface area contributed by atoms with Crippen molar-refractivity contribution < 1.29 is 19.1 Å². The van der Waals surface area contributed by atoms with Crippen molar-refractivity contribution >= 4 is 23.3 Å². The number of carbonyl (C=O) groups excluding carboxylic acids is 1. The van der Waals surface area contributed by atoms with Crippen LogP contribution in [0.5, 0.6) is 0 Å². The summed E-state index contributed by atoms with van der Waals surface area (Å²) >= 11 is 0. The largest absolute Gasteiger partial charge is 0.478 e. The molecule has 0 aliphatic heterocycles. The molecule has 0 saturated heterocycles. The van der Waals surface area contributed by atoms with Gasteiger partial charge in [0.05, 0.1) is 11.8 Å². The number of pyridine rings is 1. The highest BCUT2D eigenvalue weighted by molar-refractivity contribution is 5.89. The van der Waals surface area contributed by atoms with E-state index in [4.69, 9.17) is 21.0 Å². The number of carboxylic acid groups (broad SMARTS) is 1. The van der Waals surface area contributed by atoms with Gasteiger partial charge in [0.1, 0.15) is 5.82 Å². The second-order valence-corrected chi connectivity index (χ2v) is 4.87. The number of primary amides is 1. The molecule has 9 heteroatoms. The topological polar surface area (TPSA) is 150 Å². The zero-order chi connectivity index (χ0) is 17.7. The minimum Gasteiger partial charge on any atom is -0.478 e. The van der Waals surface area contributed by atoms with Crippen LogP contribution in [0, 0.1) is 0 Å². The number of hydrogen-bond acceptors (Lipinski definition) is 6. The molecule has 0 saturated carbocycles. The third kappa shape index (κ3) is 3.88. The van der Waals surface area contributed by atoms with Gasteiger partial charge in [0.2, 0.25) is 11.7 Å². The summed E-state index contributed by atoms with van der Waals surface area (Å²) in [6.45, 7) is 1.92. The zero-order valence-corrected chi connectivity index (χ0v) is 13.0. The number of nitrogen functional groups attached to an aromatic ring is 1. The summed E-state index contributed by atoms with van der Waals surface area (Å²) in [5.41, 5.74) is 10.9. The van der Waals surface area contributed by atoms with E-state index in [2.05, 4.69) is 10.1 Å². The molecule has 126 valence electrons. The van der Waals surface area contributed by atoms with E-state index in [1.165, 1.54) is 22.9 Å². The lowest BCUT2D eigenvalue weighted by molar-refractivity contribution is -0.118. The standard InChI is InChI=1S/C11H8N4O3.C4H9NO/c12-8-4-6(11(16)17)5-9-13-10(14-15(8)9)7-2-1-3-18-7;1-2-3-4(5)6/h1-5H,12H2,(H,16,17);2-3H2,1H3,(H2,5,6). The Kier molecular flexibility index (Phi) is 5.15. The van der Waals surface area contributed by atoms with Crippen molar-refractivity contribution in [1.29, 1.82) is 0 Å². The Bertz CT molecular complexity index is 854. The number of nitrogens with zero attached hydrogens (tertiary/aromatic N) is 3. The van der Waals surface area contributed by atoms with E-state index in [1.807, 2.05) is 6.92 Å². The highest BCUT2D eigenvalue weighted by Gasteiger charge is 2.13. The summed E-state index contributed by atoms with van der Waals surface area (Å²) in [5, 5.41) is 13.1. The molecule has 1 amide bonds. The lowest BCUT2D eigenvalue weighted by Crippen LogP contribution is -2.08. The number of aromatic nitrogens is 3. The number of carbonyl (C=O) groups is 2. The maximum absolute atomic E-state index is 10.9. The molecule has 0 bridgehead atoms. The third-order valence-corrected chi connectivity index (χ3v) is 2.95. The van der Waals surface area contributed by atoms with Gasteiger partial charge >= 0.3 is 5.97 Å². The molecule has 0 radical (unpaired) electrons. The normalized spacial score (nSPS) is 10.2. The number of rotatable bonds is 4. The fourth-order valence-corrected chi connectivity index (χ4v) is 1.89. The average Bonchev–Trinajstić information content (AvgIpc) is 3.16. The van der Waals surface area contributed by atoms with Crippen LogP contribution in [0.25, 0.3) is 17.2 Å². The number of furan rings is 1. The van der Waals surface area contributed by atoms with Crippen LogP contribution in [0.2, 0.25) is 0 Å². The van der Waals surface area contributed by atoms with Crippen molar-refractivity contribution in [3.05, 3.63) is 36.1 Å². The molecule has 0 fully saturated rings. The van der Waals surface area contributed by atoms with Gasteiger partial charge in [0, 0.05) is 6.42 Å². The Balaban J connectivity index is 0.000000301. The lowest BCUT2D eigenvalue weighted by atomic mass is 10.2. The molecule has 9 nitrogen and oxygen atoms in total. The molecule has 0 atom stereocenters. The number of carboxylic acids is 1. The molecule has 0 aromatic carbocycles. The van der Waals surface area contributed by atoms with E-state index in [0.29, 0.717) is 23.7 Å². The van der Waals surface area contributed by atoms with Crippen LogP contribution in [0.3, 0.4) is 0 Å². The molecule has 5 N–H and O–H groups in total. The number of hydrogen-bond donors (Lipinski definition) is 3. The molecular formula is C15H17N5O4. The van der Waals surface area contributed by atoms with E-state index in [9.17, 15) is 9.59 Å². The summed E-state index contributed by atoms with van der Waals surface area (Å²) in [4.78, 5) is 24.9. The number of fused-ring (bicyclic) bond motifs is 1. The molecule has 3 aromatic heterocycles. The first-order chi connectivity index (χ1) is 11.4. The van der Waals surface area contributed by atoms with Crippen LogP contribution in [0.4, 0.5) is 5.82 Å². The van der Waals surface area contributed by atoms with E-state index >= 15 is 0 Å². The first kappa shape index (κ1) is 17.0. The van der Waals surface area contributed by atoms with Crippen LogP contribution < -0.4 is 11.5 Å². The van der Waals surface area contributed by atoms with Crippen LogP contribution in [0.1, 0.15) is 30.1 Å². The summed E-state index contributed by atoms with van der Waals surface area (Å²) in [7, 11) is 0. The minimum atomic E-state index is -1.06. The predicted octanol–water partition coefficient (Wildman–Crippen LogP) is 1.54. The second-order valence-electron chi connectivity index (χ2n) is 4.87. The number of anilines is 1. The smallest absolute Gasteiger partial charge is 0.335 e. The average molecular weight is 331 g/mol. The van der Waals surface area contributed by atoms with Crippen molar-refractivity contribution in [3.8, 4) is 11.6 Å². The van der Waals surface area contributed by atoms with E-state index in [-0.39, 0.29) is 17.3 Å². The molecule has 0 spiro atoms. The first-order valence-electron chi connectivity index (χ1n) is 7.14. The Hall–Kier alpha value is -3.36. The van der Waals surface area contributed by atoms with Gasteiger partial charge in [0.15, 0.2) is 11.4 Å². The van der Waals surface area contributed by atoms with Gasteiger partial charge in [-0.15, -0.1) is 5.10 Å². The van der Waals surface area contributed by atoms with Gasteiger partial charge in [-0.1, -0.05) is 6.92 Å². The van der Waals surface area contributed by atoms with E-state index < -0.39 is 5.97 Å². The van der Waals surface area contributed by atoms with Crippen molar-refractivity contribution in [2.24, 2.45) is 5.73 Å². The highest BCUT2D eigenvalue weighted by Crippen LogP contribution is 2.19. The van der Waals surface area contributed by atoms with Gasteiger partial charge in [-0.25, -0.2) is 9.78 Å². The van der Waals surface area contributed by atoms with Gasteiger partial charge in [-0.2, -0.15) is 4.52 Å². The Labute approximate surface area is 136 Å². The highest BCUT2D eigenvalue weighted by atomic mass is 16.4. The quantitative estimate of drug-likeness (QED) is 0.656. The predicted molar refractivity (Wildman–Crippen MR) is 86.2 cm³/mol. The molecule has 24 heavy (non-hydrogen) atoms. The summed E-state index contributed by atoms with van der Waals surface area (Å²) in [6.07, 6.45) is 2.88. The summed E-state index contributed by atoms with van der Waals surface area (Å²) < 4.78 is 6.54. The van der Waals surface area contributed by atoms with Gasteiger partial charge in [-0.3, -0.25) is 4.79 Å². The minimum absolute atomic E-state index is 0.0680. The molecular weight excluding hydrogens is 314 g/mol. The molecule has 3 heterocycles. The van der Waals surface area contributed by atoms with Crippen LogP contribution in [0.15, 0.2) is 34.9 Å². The van der Waals surface area contributed by atoms with Gasteiger partial charge in [-0.05, 0) is 30.7 Å². The molecule has 0 aliphatic rings. The third-order valence-electron chi connectivity index (χ3n) is 2.95. The Morgan fingerprint density at radius 2 is 2.12 bits per heavy atom. The van der Waals surface area contributed by atoms with Gasteiger partial charge in [0.25, 0.3) is 0 Å². The number of nitrogens with two attached hydrogens (primary N) is 2. The van der Waals surface area contributed by atoms with E-state index in [0.717, 1.165) is 6.42 Å². The molecule has 3 rings (SSSR count). The summed E-state index contributed by atoms with van der Waals surface area (Å²) in [5.74, 6) is -0.219. The summed E-state index contributed by atoms with van der Waals surface area (Å²) in [6, 6.07) is 6.16. The molecule has 3 aromatic rings. The van der Waals surface area contributed by atoms with Crippen molar-refractivity contribution in [1.82, 2.24) is 14.6 Å². The number of amides is 1. The number of aromatic carboxylic acids is 1. The molecule has 0 aliphatic carbocycles. The Morgan fingerprint density at radius 3 is 2.62 bits per heavy atom. The first-order valence-corrected chi connectivity index (χ1v) is 7.14. The fourth-order valence-electron chi connectivity index (χ4n) is 1.89. The van der Waals surface area contributed by atoms with E-state index in [1.54, 1.807) is 12.1 Å². The van der Waals surface area contributed by atoms with Crippen molar-refractivity contribution in [2.45, 2.75) is 19.8 Å². The lowest BCUT2D eigenvalue weighted by Gasteiger charge is -1.99. The maximum Gasteiger partial charge on any atom is 0.335 e. The van der Waals surface area contributed by atoms with Crippen molar-refractivity contribution in [3.63, 3.8) is 0 Å². The van der Waals surface area contributed by atoms with Crippen molar-refractivity contribution in [2.75, 3.05) is 5.73 Å². The van der Waals surface area contributed by atoms with Crippen LogP contribution in [-0.2, 0) is 4.79 Å². The van der Waals surface area contributed by atoms with Gasteiger partial charge < -0.3 is 21.0 Å².